The van der Waals surface area contributed by atoms with Gasteiger partial charge in [-0.25, -0.2) is 0 Å². The maximum Gasteiger partial charge on any atom is 0.0320 e. The van der Waals surface area contributed by atoms with Crippen LogP contribution >= 0.6 is 0 Å². The van der Waals surface area contributed by atoms with Gasteiger partial charge in [-0.2, -0.15) is 0 Å². The van der Waals surface area contributed by atoms with Gasteiger partial charge in [-0.3, -0.25) is 0 Å². The van der Waals surface area contributed by atoms with E-state index in [1.807, 2.05) is 0 Å². The normalized spacial score (nSPS) is 25.2. The second-order valence-electron chi connectivity index (χ2n) is 5.62. The van der Waals surface area contributed by atoms with E-state index in [-0.39, 0.29) is 0 Å². The van der Waals surface area contributed by atoms with Gasteiger partial charge in [0.15, 0.2) is 0 Å². The monoisotopic (exact) mass is 232 g/mol. The van der Waals surface area contributed by atoms with Gasteiger partial charge in [-0.15, -0.1) is 0 Å². The number of rotatable bonds is 3. The first-order valence-electron chi connectivity index (χ1n) is 6.62. The lowest BCUT2D eigenvalue weighted by molar-refractivity contribution is 0.333. The van der Waals surface area contributed by atoms with E-state index in [2.05, 4.69) is 55.5 Å². The van der Waals surface area contributed by atoms with Crippen LogP contribution in [0.2, 0.25) is 0 Å². The van der Waals surface area contributed by atoms with Crippen molar-refractivity contribution in [3.63, 3.8) is 0 Å². The Bertz CT molecular complexity index is 334. The molecule has 2 rings (SSSR count). The summed E-state index contributed by atoms with van der Waals surface area (Å²) in [6.45, 7) is 4.50. The number of nitrogens with one attached hydrogen (secondary N) is 1. The Balaban J connectivity index is 1.97. The minimum absolute atomic E-state index is 0.569. The molecule has 2 heteroatoms. The van der Waals surface area contributed by atoms with E-state index in [9.17, 15) is 0 Å². The third kappa shape index (κ3) is 3.55. The maximum absolute atomic E-state index is 3.63. The molecule has 0 aliphatic carbocycles. The molecule has 1 fully saturated rings. The molecule has 1 aliphatic heterocycles. The molecule has 1 aromatic rings. The van der Waals surface area contributed by atoms with E-state index in [1.165, 1.54) is 24.0 Å². The van der Waals surface area contributed by atoms with Crippen LogP contribution in [-0.4, -0.2) is 25.5 Å². The summed E-state index contributed by atoms with van der Waals surface area (Å²) in [6, 6.07) is 9.66. The van der Waals surface area contributed by atoms with Gasteiger partial charge in [0.05, 0.1) is 0 Å². The SMILES string of the molecule is C[C@H]1CC[C@H](c2ccc(CN(C)C)cc2)NC1. The molecular formula is C15H24N2. The van der Waals surface area contributed by atoms with Gasteiger partial charge in [0.25, 0.3) is 0 Å². The summed E-state index contributed by atoms with van der Waals surface area (Å²) < 4.78 is 0. The van der Waals surface area contributed by atoms with E-state index >= 15 is 0 Å². The van der Waals surface area contributed by atoms with E-state index in [0.717, 1.165) is 19.0 Å². The maximum atomic E-state index is 3.63. The van der Waals surface area contributed by atoms with Crippen molar-refractivity contribution in [1.29, 1.82) is 0 Å². The highest BCUT2D eigenvalue weighted by Gasteiger charge is 2.18. The van der Waals surface area contributed by atoms with Crippen molar-refractivity contribution < 1.29 is 0 Å². The van der Waals surface area contributed by atoms with E-state index in [4.69, 9.17) is 0 Å². The quantitative estimate of drug-likeness (QED) is 0.862. The molecule has 0 saturated carbocycles. The van der Waals surface area contributed by atoms with Gasteiger partial charge in [0, 0.05) is 12.6 Å². The van der Waals surface area contributed by atoms with Gasteiger partial charge in [-0.05, 0) is 50.5 Å². The zero-order valence-corrected chi connectivity index (χ0v) is 11.2. The number of hydrogen-bond donors (Lipinski definition) is 1. The average Bonchev–Trinajstić information content (AvgIpc) is 2.30. The fourth-order valence-electron chi connectivity index (χ4n) is 2.50. The van der Waals surface area contributed by atoms with Gasteiger partial charge in [0.1, 0.15) is 0 Å². The Kier molecular flexibility index (Phi) is 4.19. The van der Waals surface area contributed by atoms with Crippen LogP contribution in [0.25, 0.3) is 0 Å². The van der Waals surface area contributed by atoms with Crippen LogP contribution < -0.4 is 5.32 Å². The highest BCUT2D eigenvalue weighted by molar-refractivity contribution is 5.25. The molecule has 0 bridgehead atoms. The number of piperidine rings is 1. The molecule has 0 spiro atoms. The molecule has 17 heavy (non-hydrogen) atoms. The van der Waals surface area contributed by atoms with Crippen molar-refractivity contribution in [2.24, 2.45) is 5.92 Å². The molecule has 2 atom stereocenters. The summed E-state index contributed by atoms with van der Waals surface area (Å²) >= 11 is 0. The van der Waals surface area contributed by atoms with E-state index in [1.54, 1.807) is 0 Å². The predicted molar refractivity (Wildman–Crippen MR) is 73.0 cm³/mol. The lowest BCUT2D eigenvalue weighted by Gasteiger charge is -2.28. The predicted octanol–water partition coefficient (Wildman–Crippen LogP) is 2.81. The van der Waals surface area contributed by atoms with Crippen molar-refractivity contribution in [1.82, 2.24) is 10.2 Å². The van der Waals surface area contributed by atoms with Crippen molar-refractivity contribution in [3.05, 3.63) is 35.4 Å². The first-order valence-corrected chi connectivity index (χ1v) is 6.62. The van der Waals surface area contributed by atoms with Crippen molar-refractivity contribution >= 4 is 0 Å². The lowest BCUT2D eigenvalue weighted by atomic mass is 9.92. The number of hydrogen-bond acceptors (Lipinski definition) is 2. The molecule has 1 aromatic carbocycles. The van der Waals surface area contributed by atoms with Crippen LogP contribution in [0.3, 0.4) is 0 Å². The Labute approximate surface area is 105 Å². The molecule has 0 amide bonds. The van der Waals surface area contributed by atoms with Gasteiger partial charge >= 0.3 is 0 Å². The first kappa shape index (κ1) is 12.6. The highest BCUT2D eigenvalue weighted by Crippen LogP contribution is 2.25. The summed E-state index contributed by atoms with van der Waals surface area (Å²) in [4.78, 5) is 2.20. The standard InChI is InChI=1S/C15H24N2/c1-12-4-9-15(16-10-12)14-7-5-13(6-8-14)11-17(2)3/h5-8,12,15-16H,4,9-11H2,1-3H3/t12-,15+/m0/s1. The minimum atomic E-state index is 0.569. The molecule has 0 aromatic heterocycles. The molecule has 2 nitrogen and oxygen atoms in total. The van der Waals surface area contributed by atoms with Crippen LogP contribution in [0, 0.1) is 5.92 Å². The Morgan fingerprint density at radius 3 is 2.41 bits per heavy atom. The van der Waals surface area contributed by atoms with Crippen LogP contribution in [0.1, 0.15) is 36.9 Å². The molecular weight excluding hydrogens is 208 g/mol. The molecule has 94 valence electrons. The first-order chi connectivity index (χ1) is 8.15. The second kappa shape index (κ2) is 5.65. The van der Waals surface area contributed by atoms with Crippen molar-refractivity contribution in [3.8, 4) is 0 Å². The molecule has 0 unspecified atom stereocenters. The largest absolute Gasteiger partial charge is 0.310 e. The topological polar surface area (TPSA) is 15.3 Å². The fourth-order valence-corrected chi connectivity index (χ4v) is 2.50. The zero-order chi connectivity index (χ0) is 12.3. The molecule has 1 saturated heterocycles. The Hall–Kier alpha value is -0.860. The fraction of sp³-hybridized carbons (Fsp3) is 0.600. The Morgan fingerprint density at radius 2 is 1.88 bits per heavy atom. The summed E-state index contributed by atoms with van der Waals surface area (Å²) in [5.74, 6) is 0.833. The van der Waals surface area contributed by atoms with Gasteiger partial charge in [0.2, 0.25) is 0 Å². The van der Waals surface area contributed by atoms with Crippen LogP contribution in [0.4, 0.5) is 0 Å². The van der Waals surface area contributed by atoms with Crippen LogP contribution in [0.15, 0.2) is 24.3 Å². The van der Waals surface area contributed by atoms with Crippen LogP contribution in [-0.2, 0) is 6.54 Å². The average molecular weight is 232 g/mol. The van der Waals surface area contributed by atoms with E-state index in [0.29, 0.717) is 6.04 Å². The summed E-state index contributed by atoms with van der Waals surface area (Å²) in [5.41, 5.74) is 2.84. The third-order valence-electron chi connectivity index (χ3n) is 3.54. The summed E-state index contributed by atoms with van der Waals surface area (Å²) in [6.07, 6.45) is 2.62. The number of nitrogens with zero attached hydrogens (tertiary/aromatic N) is 1. The molecule has 1 aliphatic rings. The summed E-state index contributed by atoms with van der Waals surface area (Å²) in [7, 11) is 4.22. The molecule has 0 radical (unpaired) electrons. The lowest BCUT2D eigenvalue weighted by Crippen LogP contribution is -2.31. The van der Waals surface area contributed by atoms with Gasteiger partial charge < -0.3 is 10.2 Å². The van der Waals surface area contributed by atoms with E-state index < -0.39 is 0 Å². The molecule has 1 N–H and O–H groups in total. The second-order valence-corrected chi connectivity index (χ2v) is 5.62. The van der Waals surface area contributed by atoms with Crippen molar-refractivity contribution in [2.45, 2.75) is 32.4 Å². The minimum Gasteiger partial charge on any atom is -0.310 e. The molecule has 1 heterocycles. The van der Waals surface area contributed by atoms with Crippen molar-refractivity contribution in [2.75, 3.05) is 20.6 Å². The van der Waals surface area contributed by atoms with Crippen LogP contribution in [0.5, 0.6) is 0 Å². The number of benzene rings is 1. The highest BCUT2D eigenvalue weighted by atomic mass is 15.0. The zero-order valence-electron chi connectivity index (χ0n) is 11.2. The summed E-state index contributed by atoms with van der Waals surface area (Å²) in [5, 5.41) is 3.63. The smallest absolute Gasteiger partial charge is 0.0320 e. The third-order valence-corrected chi connectivity index (χ3v) is 3.54. The van der Waals surface area contributed by atoms with Gasteiger partial charge in [-0.1, -0.05) is 31.2 Å². The Morgan fingerprint density at radius 1 is 1.18 bits per heavy atom.